The van der Waals surface area contributed by atoms with Crippen LogP contribution in [0.5, 0.6) is 0 Å². The van der Waals surface area contributed by atoms with Crippen molar-refractivity contribution in [3.05, 3.63) is 72.8 Å². The van der Waals surface area contributed by atoms with Gasteiger partial charge in [-0.3, -0.25) is 15.4 Å². The minimum Gasteiger partial charge on any atom is -0.358 e. The first kappa shape index (κ1) is 14.8. The molecule has 0 aromatic carbocycles. The summed E-state index contributed by atoms with van der Waals surface area (Å²) in [7, 11) is 0. The molecule has 0 spiro atoms. The monoisotopic (exact) mass is 297 g/mol. The van der Waals surface area contributed by atoms with E-state index in [-0.39, 0.29) is 0 Å². The number of rotatable bonds is 5. The minimum atomic E-state index is 0.416. The molecule has 2 aromatic rings. The summed E-state index contributed by atoms with van der Waals surface area (Å²) in [5, 5.41) is 7.68. The molecule has 0 aliphatic rings. The Morgan fingerprint density at radius 3 is 2.24 bits per heavy atom. The number of thiocarbonyl (C=S) groups is 1. The van der Waals surface area contributed by atoms with Crippen molar-refractivity contribution >= 4 is 23.0 Å². The molecule has 21 heavy (non-hydrogen) atoms. The maximum absolute atomic E-state index is 5.12. The fraction of sp³-hybridized carbons (Fsp3) is 0.0667. The van der Waals surface area contributed by atoms with Crippen LogP contribution in [0.15, 0.2) is 66.5 Å². The van der Waals surface area contributed by atoms with E-state index in [2.05, 4.69) is 32.4 Å². The lowest BCUT2D eigenvalue weighted by atomic mass is 10.1. The normalized spacial score (nSPS) is 9.52. The summed E-state index contributed by atoms with van der Waals surface area (Å²) in [5.41, 5.74) is 4.85. The highest BCUT2D eigenvalue weighted by Crippen LogP contribution is 2.05. The predicted molar refractivity (Wildman–Crippen MR) is 88.0 cm³/mol. The second-order valence-electron chi connectivity index (χ2n) is 4.00. The smallest absolute Gasteiger partial charge is 0.187 e. The molecule has 106 valence electrons. The Bertz CT molecular complexity index is 584. The summed E-state index contributed by atoms with van der Waals surface area (Å²) in [6, 6.07) is 11.2. The van der Waals surface area contributed by atoms with Crippen LogP contribution in [0.25, 0.3) is 0 Å². The minimum absolute atomic E-state index is 0.416. The predicted octanol–water partition coefficient (Wildman–Crippen LogP) is 1.88. The molecule has 5 nitrogen and oxygen atoms in total. The van der Waals surface area contributed by atoms with Gasteiger partial charge in [0.25, 0.3) is 0 Å². The van der Waals surface area contributed by atoms with E-state index >= 15 is 0 Å². The molecule has 0 saturated heterocycles. The van der Waals surface area contributed by atoms with Crippen LogP contribution in [0.1, 0.15) is 11.4 Å². The molecule has 0 amide bonds. The number of aromatic nitrogens is 2. The number of nitrogens with zero attached hydrogens (tertiary/aromatic N) is 3. The van der Waals surface area contributed by atoms with Gasteiger partial charge < -0.3 is 5.32 Å². The van der Waals surface area contributed by atoms with Gasteiger partial charge in [0.05, 0.1) is 11.4 Å². The van der Waals surface area contributed by atoms with Crippen molar-refractivity contribution < 1.29 is 0 Å². The van der Waals surface area contributed by atoms with Crippen LogP contribution in [-0.2, 0) is 0 Å². The highest BCUT2D eigenvalue weighted by Gasteiger charge is 2.09. The fourth-order valence-electron chi connectivity index (χ4n) is 1.56. The van der Waals surface area contributed by atoms with Gasteiger partial charge in [-0.05, 0) is 36.5 Å². The number of pyridine rings is 2. The fourth-order valence-corrected chi connectivity index (χ4v) is 1.69. The summed E-state index contributed by atoms with van der Waals surface area (Å²) in [4.78, 5) is 8.61. The van der Waals surface area contributed by atoms with Crippen molar-refractivity contribution in [2.24, 2.45) is 5.10 Å². The van der Waals surface area contributed by atoms with Gasteiger partial charge in [0.1, 0.15) is 5.71 Å². The molecule has 0 bridgehead atoms. The zero-order valence-electron chi connectivity index (χ0n) is 11.4. The average Bonchev–Trinajstić information content (AvgIpc) is 2.55. The van der Waals surface area contributed by atoms with Gasteiger partial charge in [-0.1, -0.05) is 18.2 Å². The van der Waals surface area contributed by atoms with E-state index in [1.807, 2.05) is 36.4 Å². The van der Waals surface area contributed by atoms with E-state index in [9.17, 15) is 0 Å². The van der Waals surface area contributed by atoms with E-state index in [0.29, 0.717) is 17.4 Å². The molecule has 2 rings (SSSR count). The molecule has 2 aromatic heterocycles. The van der Waals surface area contributed by atoms with Crippen molar-refractivity contribution in [2.75, 3.05) is 6.54 Å². The Labute approximate surface area is 128 Å². The lowest BCUT2D eigenvalue weighted by Gasteiger charge is -2.08. The van der Waals surface area contributed by atoms with Gasteiger partial charge in [0.2, 0.25) is 0 Å². The van der Waals surface area contributed by atoms with Gasteiger partial charge in [-0.25, -0.2) is 0 Å². The van der Waals surface area contributed by atoms with E-state index in [4.69, 9.17) is 12.2 Å². The first-order chi connectivity index (χ1) is 10.3. The second kappa shape index (κ2) is 7.86. The molecule has 0 unspecified atom stereocenters. The molecule has 0 atom stereocenters. The summed E-state index contributed by atoms with van der Waals surface area (Å²) < 4.78 is 0. The number of hydrazone groups is 1. The van der Waals surface area contributed by atoms with Crippen LogP contribution >= 0.6 is 12.2 Å². The van der Waals surface area contributed by atoms with Crippen LogP contribution in [0.3, 0.4) is 0 Å². The maximum Gasteiger partial charge on any atom is 0.187 e. The molecule has 0 aliphatic carbocycles. The summed E-state index contributed by atoms with van der Waals surface area (Å²) >= 11 is 5.12. The molecular formula is C15H15N5S. The third kappa shape index (κ3) is 4.47. The van der Waals surface area contributed by atoms with Crippen LogP contribution in [0.2, 0.25) is 0 Å². The number of hydrogen-bond acceptors (Lipinski definition) is 4. The average molecular weight is 297 g/mol. The highest BCUT2D eigenvalue weighted by molar-refractivity contribution is 7.80. The zero-order chi connectivity index (χ0) is 14.9. The van der Waals surface area contributed by atoms with Gasteiger partial charge in [-0.2, -0.15) is 5.10 Å². The Hall–Kier alpha value is -2.60. The summed E-state index contributed by atoms with van der Waals surface area (Å²) in [6.45, 7) is 4.19. The molecule has 2 N–H and O–H groups in total. The molecule has 0 fully saturated rings. The Kier molecular flexibility index (Phi) is 5.54. The van der Waals surface area contributed by atoms with Crippen LogP contribution in [0, 0.1) is 0 Å². The first-order valence-corrected chi connectivity index (χ1v) is 6.77. The topological polar surface area (TPSA) is 62.2 Å². The quantitative estimate of drug-likeness (QED) is 0.382. The number of nitrogens with one attached hydrogen (secondary N) is 2. The SMILES string of the molecule is C=CCNC(=S)NN=C(c1ccccn1)c1ccccn1. The van der Waals surface area contributed by atoms with Gasteiger partial charge in [-0.15, -0.1) is 6.58 Å². The second-order valence-corrected chi connectivity index (χ2v) is 4.41. The van der Waals surface area contributed by atoms with Crippen molar-refractivity contribution in [3.8, 4) is 0 Å². The molecular weight excluding hydrogens is 282 g/mol. The molecule has 0 aliphatic heterocycles. The zero-order valence-corrected chi connectivity index (χ0v) is 12.2. The summed E-state index contributed by atoms with van der Waals surface area (Å²) in [5.74, 6) is 0. The lowest BCUT2D eigenvalue weighted by Crippen LogP contribution is -2.33. The Morgan fingerprint density at radius 1 is 1.14 bits per heavy atom. The number of hydrogen-bond donors (Lipinski definition) is 2. The third-order valence-corrected chi connectivity index (χ3v) is 2.73. The van der Waals surface area contributed by atoms with Crippen molar-refractivity contribution in [1.29, 1.82) is 0 Å². The highest BCUT2D eigenvalue weighted by atomic mass is 32.1. The molecule has 0 saturated carbocycles. The van der Waals surface area contributed by atoms with Crippen molar-refractivity contribution in [3.63, 3.8) is 0 Å². The molecule has 6 heteroatoms. The van der Waals surface area contributed by atoms with Gasteiger partial charge >= 0.3 is 0 Å². The van der Waals surface area contributed by atoms with E-state index in [1.54, 1.807) is 18.5 Å². The standard InChI is InChI=1S/C15H15N5S/c1-2-9-18-15(21)20-19-14(12-7-3-5-10-16-12)13-8-4-6-11-17-13/h2-8,10-11H,1,9H2,(H2,18,20,21). The summed E-state index contributed by atoms with van der Waals surface area (Å²) in [6.07, 6.45) is 5.14. The van der Waals surface area contributed by atoms with Crippen LogP contribution in [-0.4, -0.2) is 27.3 Å². The molecule has 2 heterocycles. The maximum atomic E-state index is 5.12. The third-order valence-electron chi connectivity index (χ3n) is 2.49. The first-order valence-electron chi connectivity index (χ1n) is 6.36. The largest absolute Gasteiger partial charge is 0.358 e. The van der Waals surface area contributed by atoms with Crippen molar-refractivity contribution in [2.45, 2.75) is 0 Å². The Balaban J connectivity index is 2.25. The Morgan fingerprint density at radius 2 is 1.76 bits per heavy atom. The van der Waals surface area contributed by atoms with Crippen LogP contribution < -0.4 is 10.7 Å². The lowest BCUT2D eigenvalue weighted by molar-refractivity contribution is 0.935. The van der Waals surface area contributed by atoms with Gasteiger partial charge in [0, 0.05) is 18.9 Å². The van der Waals surface area contributed by atoms with E-state index in [0.717, 1.165) is 11.4 Å². The van der Waals surface area contributed by atoms with Gasteiger partial charge in [0.15, 0.2) is 5.11 Å². The molecule has 0 radical (unpaired) electrons. The van der Waals surface area contributed by atoms with E-state index in [1.165, 1.54) is 0 Å². The van der Waals surface area contributed by atoms with E-state index < -0.39 is 0 Å². The van der Waals surface area contributed by atoms with Crippen molar-refractivity contribution in [1.82, 2.24) is 20.7 Å². The van der Waals surface area contributed by atoms with Crippen LogP contribution in [0.4, 0.5) is 0 Å².